The van der Waals surface area contributed by atoms with Gasteiger partial charge in [-0.3, -0.25) is 4.98 Å². The second-order valence-corrected chi connectivity index (χ2v) is 7.95. The van der Waals surface area contributed by atoms with Gasteiger partial charge in [0.2, 0.25) is 0 Å². The molecule has 0 spiro atoms. The first-order valence-electron chi connectivity index (χ1n) is 9.19. The van der Waals surface area contributed by atoms with Crippen LogP contribution in [0.3, 0.4) is 0 Å². The number of benzene rings is 1. The van der Waals surface area contributed by atoms with Gasteiger partial charge in [0.25, 0.3) is 0 Å². The molecule has 3 aromatic rings. The zero-order valence-corrected chi connectivity index (χ0v) is 16.5. The van der Waals surface area contributed by atoms with Crippen molar-refractivity contribution < 1.29 is 9.53 Å². The van der Waals surface area contributed by atoms with E-state index in [9.17, 15) is 4.79 Å². The number of ether oxygens (including phenoxy) is 1. The van der Waals surface area contributed by atoms with Gasteiger partial charge in [-0.1, -0.05) is 26.8 Å². The first-order valence-corrected chi connectivity index (χ1v) is 9.19. The Morgan fingerprint density at radius 1 is 1.21 bits per heavy atom. The lowest BCUT2D eigenvalue weighted by molar-refractivity contribution is 0.212. The number of hydrogen-bond donors (Lipinski definition) is 1. The number of nitrogens with zero attached hydrogens (tertiary/aromatic N) is 4. The van der Waals surface area contributed by atoms with Crippen LogP contribution in [0.25, 0.3) is 10.9 Å². The molecule has 4 rings (SSSR count). The molecular formula is C21H23N5O2. The number of anilines is 1. The number of urea groups is 1. The molecule has 1 aromatic carbocycles. The Morgan fingerprint density at radius 2 is 2.04 bits per heavy atom. The molecule has 0 bridgehead atoms. The molecule has 0 fully saturated rings. The van der Waals surface area contributed by atoms with Crippen molar-refractivity contribution in [3.8, 4) is 5.75 Å². The summed E-state index contributed by atoms with van der Waals surface area (Å²) < 4.78 is 5.35. The standard InChI is InChI=1S/C21H23N5O2/c1-21(2,3)19-23-10-14-11-26(12-17(14)24-19)20(27)25-16-9-15(28-4)8-13-6-5-7-22-18(13)16/h5-10H,11-12H2,1-4H3,(H,25,27). The topological polar surface area (TPSA) is 80.2 Å². The van der Waals surface area contributed by atoms with Gasteiger partial charge in [-0.05, 0) is 12.1 Å². The number of pyridine rings is 1. The van der Waals surface area contributed by atoms with E-state index in [-0.39, 0.29) is 11.4 Å². The molecule has 0 saturated carbocycles. The van der Waals surface area contributed by atoms with Gasteiger partial charge in [0.15, 0.2) is 0 Å². The summed E-state index contributed by atoms with van der Waals surface area (Å²) in [4.78, 5) is 28.2. The maximum absolute atomic E-state index is 12.9. The number of carbonyl (C=O) groups is 1. The van der Waals surface area contributed by atoms with Crippen LogP contribution in [0.5, 0.6) is 5.75 Å². The van der Waals surface area contributed by atoms with Crippen LogP contribution in [0.1, 0.15) is 37.9 Å². The molecule has 1 aliphatic rings. The fraction of sp³-hybridized carbons (Fsp3) is 0.333. The van der Waals surface area contributed by atoms with E-state index in [2.05, 4.69) is 41.0 Å². The highest BCUT2D eigenvalue weighted by Crippen LogP contribution is 2.29. The monoisotopic (exact) mass is 377 g/mol. The summed E-state index contributed by atoms with van der Waals surface area (Å²) in [7, 11) is 1.60. The van der Waals surface area contributed by atoms with Gasteiger partial charge in [-0.2, -0.15) is 0 Å². The van der Waals surface area contributed by atoms with E-state index in [0.29, 0.717) is 24.5 Å². The van der Waals surface area contributed by atoms with E-state index in [4.69, 9.17) is 4.74 Å². The van der Waals surface area contributed by atoms with Crippen molar-refractivity contribution in [1.29, 1.82) is 0 Å². The number of hydrogen-bond acceptors (Lipinski definition) is 5. The van der Waals surface area contributed by atoms with Crippen LogP contribution >= 0.6 is 0 Å². The second kappa shape index (κ2) is 6.74. The SMILES string of the molecule is COc1cc(NC(=O)N2Cc3cnc(C(C)(C)C)nc3C2)c2ncccc2c1. The van der Waals surface area contributed by atoms with Crippen LogP contribution in [0.4, 0.5) is 10.5 Å². The molecule has 2 amide bonds. The van der Waals surface area contributed by atoms with E-state index in [1.807, 2.05) is 24.4 Å². The maximum Gasteiger partial charge on any atom is 0.322 e. The van der Waals surface area contributed by atoms with E-state index in [1.165, 1.54) is 0 Å². The van der Waals surface area contributed by atoms with Crippen molar-refractivity contribution in [2.24, 2.45) is 0 Å². The van der Waals surface area contributed by atoms with E-state index in [1.54, 1.807) is 24.3 Å². The average molecular weight is 377 g/mol. The van der Waals surface area contributed by atoms with E-state index in [0.717, 1.165) is 28.0 Å². The molecule has 144 valence electrons. The van der Waals surface area contributed by atoms with Gasteiger partial charge >= 0.3 is 6.03 Å². The highest BCUT2D eigenvalue weighted by atomic mass is 16.5. The molecule has 1 aliphatic heterocycles. The van der Waals surface area contributed by atoms with Crippen molar-refractivity contribution in [2.45, 2.75) is 39.3 Å². The Hall–Kier alpha value is -3.22. The van der Waals surface area contributed by atoms with Crippen LogP contribution in [0.2, 0.25) is 0 Å². The highest BCUT2D eigenvalue weighted by Gasteiger charge is 2.28. The van der Waals surface area contributed by atoms with Gasteiger partial charge < -0.3 is 15.0 Å². The zero-order chi connectivity index (χ0) is 19.9. The molecule has 0 aliphatic carbocycles. The predicted molar refractivity (Wildman–Crippen MR) is 107 cm³/mol. The summed E-state index contributed by atoms with van der Waals surface area (Å²) in [5, 5.41) is 3.88. The normalized spacial score (nSPS) is 13.5. The lowest BCUT2D eigenvalue weighted by Gasteiger charge is -2.17. The van der Waals surface area contributed by atoms with Crippen LogP contribution in [0, 0.1) is 0 Å². The third kappa shape index (κ3) is 3.35. The molecule has 0 unspecified atom stereocenters. The van der Waals surface area contributed by atoms with Crippen LogP contribution in [0.15, 0.2) is 36.7 Å². The minimum absolute atomic E-state index is 0.129. The summed E-state index contributed by atoms with van der Waals surface area (Å²) in [6.45, 7) is 7.18. The summed E-state index contributed by atoms with van der Waals surface area (Å²) in [5.41, 5.74) is 3.11. The van der Waals surface area contributed by atoms with Crippen molar-refractivity contribution in [3.63, 3.8) is 0 Å². The molecule has 3 heterocycles. The Morgan fingerprint density at radius 3 is 2.79 bits per heavy atom. The first-order chi connectivity index (χ1) is 13.3. The summed E-state index contributed by atoms with van der Waals surface area (Å²) in [5.74, 6) is 1.46. The van der Waals surface area contributed by atoms with Gasteiger partial charge in [0, 0.05) is 34.8 Å². The van der Waals surface area contributed by atoms with Gasteiger partial charge in [0.05, 0.1) is 37.1 Å². The maximum atomic E-state index is 12.9. The predicted octanol–water partition coefficient (Wildman–Crippen LogP) is 3.88. The second-order valence-electron chi connectivity index (χ2n) is 7.95. The van der Waals surface area contributed by atoms with Crippen molar-refractivity contribution in [3.05, 3.63) is 53.7 Å². The Balaban J connectivity index is 1.57. The minimum Gasteiger partial charge on any atom is -0.497 e. The molecule has 0 radical (unpaired) electrons. The lowest BCUT2D eigenvalue weighted by Crippen LogP contribution is -2.30. The van der Waals surface area contributed by atoms with Crippen LogP contribution in [-0.2, 0) is 18.5 Å². The van der Waals surface area contributed by atoms with Crippen LogP contribution in [-0.4, -0.2) is 33.0 Å². The number of methoxy groups -OCH3 is 1. The smallest absolute Gasteiger partial charge is 0.322 e. The number of rotatable bonds is 2. The fourth-order valence-corrected chi connectivity index (χ4v) is 3.23. The largest absolute Gasteiger partial charge is 0.497 e. The summed E-state index contributed by atoms with van der Waals surface area (Å²) in [6, 6.07) is 7.28. The third-order valence-electron chi connectivity index (χ3n) is 4.77. The molecule has 0 saturated heterocycles. The fourth-order valence-electron chi connectivity index (χ4n) is 3.23. The summed E-state index contributed by atoms with van der Waals surface area (Å²) in [6.07, 6.45) is 3.54. The number of carbonyl (C=O) groups excluding carboxylic acids is 1. The van der Waals surface area contributed by atoms with Crippen LogP contribution < -0.4 is 10.1 Å². The molecule has 7 nitrogen and oxygen atoms in total. The van der Waals surface area contributed by atoms with Gasteiger partial charge in [-0.25, -0.2) is 14.8 Å². The van der Waals surface area contributed by atoms with Gasteiger partial charge in [-0.15, -0.1) is 0 Å². The number of aromatic nitrogens is 3. The third-order valence-corrected chi connectivity index (χ3v) is 4.77. The Labute approximate surface area is 163 Å². The van der Waals surface area contributed by atoms with Crippen molar-refractivity contribution >= 4 is 22.6 Å². The quantitative estimate of drug-likeness (QED) is 0.733. The Kier molecular flexibility index (Phi) is 4.37. The first kappa shape index (κ1) is 18.2. The summed E-state index contributed by atoms with van der Waals surface area (Å²) >= 11 is 0. The van der Waals surface area contributed by atoms with Crippen molar-refractivity contribution in [1.82, 2.24) is 19.9 Å². The van der Waals surface area contributed by atoms with Crippen molar-refractivity contribution in [2.75, 3.05) is 12.4 Å². The highest BCUT2D eigenvalue weighted by molar-refractivity contribution is 6.00. The number of nitrogens with one attached hydrogen (secondary N) is 1. The lowest BCUT2D eigenvalue weighted by atomic mass is 9.95. The molecule has 0 atom stereocenters. The van der Waals surface area contributed by atoms with E-state index >= 15 is 0 Å². The Bertz CT molecular complexity index is 1060. The number of fused-ring (bicyclic) bond motifs is 2. The molecule has 2 aromatic heterocycles. The van der Waals surface area contributed by atoms with E-state index < -0.39 is 0 Å². The van der Waals surface area contributed by atoms with Gasteiger partial charge in [0.1, 0.15) is 11.6 Å². The zero-order valence-electron chi connectivity index (χ0n) is 16.5. The minimum atomic E-state index is -0.199. The molecule has 1 N–H and O–H groups in total. The average Bonchev–Trinajstić information content (AvgIpc) is 3.10. The number of amides is 2. The molecule has 28 heavy (non-hydrogen) atoms. The molecular weight excluding hydrogens is 354 g/mol. The molecule has 7 heteroatoms.